The Morgan fingerprint density at radius 1 is 1.26 bits per heavy atom. The highest BCUT2D eigenvalue weighted by Crippen LogP contribution is 2.18. The highest BCUT2D eigenvalue weighted by molar-refractivity contribution is 5.76. The Balaban J connectivity index is 2.68. The maximum absolute atomic E-state index is 11.9. The number of hydrogen-bond acceptors (Lipinski definition) is 8. The van der Waals surface area contributed by atoms with Gasteiger partial charge in [-0.05, 0) is 32.9 Å². The number of aliphatic hydroxyl groups is 1. The van der Waals surface area contributed by atoms with Crippen LogP contribution >= 0.6 is 0 Å². The molecule has 0 aliphatic rings. The van der Waals surface area contributed by atoms with Gasteiger partial charge in [-0.2, -0.15) is 0 Å². The van der Waals surface area contributed by atoms with Crippen molar-refractivity contribution in [1.29, 1.82) is 0 Å². The SMILES string of the molecule is COC(=O)[C@@H](O)[C@@H](CCOc1ccc([N+](=O)[O-])cc1)NC(=O)OC(C)(C)C. The van der Waals surface area contributed by atoms with Gasteiger partial charge in [0.15, 0.2) is 6.10 Å². The van der Waals surface area contributed by atoms with Crippen molar-refractivity contribution in [2.45, 2.75) is 44.9 Å². The van der Waals surface area contributed by atoms with Crippen molar-refractivity contribution in [3.63, 3.8) is 0 Å². The van der Waals surface area contributed by atoms with Gasteiger partial charge in [0, 0.05) is 18.6 Å². The summed E-state index contributed by atoms with van der Waals surface area (Å²) >= 11 is 0. The Morgan fingerprint density at radius 2 is 1.85 bits per heavy atom. The van der Waals surface area contributed by atoms with Gasteiger partial charge < -0.3 is 24.6 Å². The summed E-state index contributed by atoms with van der Waals surface area (Å²) < 4.78 is 15.0. The molecule has 0 aromatic heterocycles. The van der Waals surface area contributed by atoms with Crippen LogP contribution < -0.4 is 10.1 Å². The summed E-state index contributed by atoms with van der Waals surface area (Å²) in [5.74, 6) is -0.546. The summed E-state index contributed by atoms with van der Waals surface area (Å²) in [5, 5.41) is 23.1. The van der Waals surface area contributed by atoms with Crippen LogP contribution in [0.1, 0.15) is 27.2 Å². The third kappa shape index (κ3) is 7.90. The number of esters is 1. The standard InChI is InChI=1S/C17H24N2O8/c1-17(2,3)27-16(22)18-13(14(20)15(21)25-4)9-10-26-12-7-5-11(6-8-12)19(23)24/h5-8,13-14,20H,9-10H2,1-4H3,(H,18,22)/t13-,14+/m1/s1. The van der Waals surface area contributed by atoms with Gasteiger partial charge in [-0.25, -0.2) is 9.59 Å². The normalized spacial score (nSPS) is 13.2. The zero-order valence-corrected chi connectivity index (χ0v) is 15.6. The van der Waals surface area contributed by atoms with Crippen molar-refractivity contribution in [2.24, 2.45) is 0 Å². The molecule has 0 heterocycles. The molecule has 0 radical (unpaired) electrons. The number of carbonyl (C=O) groups excluding carboxylic acids is 2. The van der Waals surface area contributed by atoms with Gasteiger partial charge in [-0.3, -0.25) is 10.1 Å². The lowest BCUT2D eigenvalue weighted by Crippen LogP contribution is -2.49. The molecule has 0 saturated heterocycles. The first-order chi connectivity index (χ1) is 12.5. The van der Waals surface area contributed by atoms with E-state index in [1.807, 2.05) is 0 Å². The molecule has 1 rings (SSSR count). The first kappa shape index (κ1) is 22.2. The summed E-state index contributed by atoms with van der Waals surface area (Å²) in [6.45, 7) is 5.05. The number of benzene rings is 1. The van der Waals surface area contributed by atoms with Crippen LogP contribution in [0, 0.1) is 10.1 Å². The molecule has 2 atom stereocenters. The fraction of sp³-hybridized carbons (Fsp3) is 0.529. The first-order valence-electron chi connectivity index (χ1n) is 8.16. The van der Waals surface area contributed by atoms with E-state index in [4.69, 9.17) is 9.47 Å². The second kappa shape index (κ2) is 9.72. The number of carbonyl (C=O) groups is 2. The fourth-order valence-corrected chi connectivity index (χ4v) is 2.02. The molecule has 150 valence electrons. The Kier molecular flexibility index (Phi) is 7.98. The highest BCUT2D eigenvalue weighted by atomic mass is 16.6. The van der Waals surface area contributed by atoms with Crippen molar-refractivity contribution in [3.8, 4) is 5.75 Å². The van der Waals surface area contributed by atoms with Crippen molar-refractivity contribution < 1.29 is 33.8 Å². The molecule has 0 unspecified atom stereocenters. The van der Waals surface area contributed by atoms with Crippen molar-refractivity contribution in [3.05, 3.63) is 34.4 Å². The summed E-state index contributed by atoms with van der Waals surface area (Å²) in [6.07, 6.45) is -2.35. The first-order valence-corrected chi connectivity index (χ1v) is 8.16. The monoisotopic (exact) mass is 384 g/mol. The number of methoxy groups -OCH3 is 1. The molecule has 0 aliphatic heterocycles. The predicted molar refractivity (Wildman–Crippen MR) is 94.4 cm³/mol. The lowest BCUT2D eigenvalue weighted by molar-refractivity contribution is -0.384. The lowest BCUT2D eigenvalue weighted by atomic mass is 10.1. The van der Waals surface area contributed by atoms with E-state index in [1.54, 1.807) is 20.8 Å². The second-order valence-corrected chi connectivity index (χ2v) is 6.61. The van der Waals surface area contributed by atoms with E-state index < -0.39 is 34.7 Å². The van der Waals surface area contributed by atoms with Crippen LogP contribution in [0.3, 0.4) is 0 Å². The third-order valence-electron chi connectivity index (χ3n) is 3.27. The second-order valence-electron chi connectivity index (χ2n) is 6.61. The molecule has 0 saturated carbocycles. The number of nitro groups is 1. The fourth-order valence-electron chi connectivity index (χ4n) is 2.02. The average Bonchev–Trinajstić information content (AvgIpc) is 2.58. The summed E-state index contributed by atoms with van der Waals surface area (Å²) in [5.41, 5.74) is -0.826. The van der Waals surface area contributed by atoms with E-state index in [0.29, 0.717) is 5.75 Å². The Bertz CT molecular complexity index is 654. The van der Waals surface area contributed by atoms with Crippen LogP contribution in [-0.4, -0.2) is 53.6 Å². The molecule has 1 aromatic rings. The van der Waals surface area contributed by atoms with Crippen LogP contribution in [0.2, 0.25) is 0 Å². The molecule has 0 bridgehead atoms. The lowest BCUT2D eigenvalue weighted by Gasteiger charge is -2.25. The molecule has 0 spiro atoms. The minimum atomic E-state index is -1.61. The number of nitro benzene ring substituents is 1. The van der Waals surface area contributed by atoms with Gasteiger partial charge in [0.25, 0.3) is 5.69 Å². The molecule has 1 aromatic carbocycles. The number of aliphatic hydroxyl groups excluding tert-OH is 1. The Morgan fingerprint density at radius 3 is 2.33 bits per heavy atom. The largest absolute Gasteiger partial charge is 0.494 e. The van der Waals surface area contributed by atoms with Crippen LogP contribution in [0.15, 0.2) is 24.3 Å². The number of amides is 1. The number of ether oxygens (including phenoxy) is 3. The van der Waals surface area contributed by atoms with E-state index in [2.05, 4.69) is 10.1 Å². The van der Waals surface area contributed by atoms with E-state index >= 15 is 0 Å². The number of non-ortho nitro benzene ring substituents is 1. The van der Waals surface area contributed by atoms with E-state index in [0.717, 1.165) is 7.11 Å². The number of alkyl carbamates (subject to hydrolysis) is 1. The molecule has 0 aliphatic carbocycles. The van der Waals surface area contributed by atoms with Gasteiger partial charge in [0.05, 0.1) is 24.7 Å². The van der Waals surface area contributed by atoms with Crippen molar-refractivity contribution in [1.82, 2.24) is 5.32 Å². The molecule has 10 nitrogen and oxygen atoms in total. The molecule has 27 heavy (non-hydrogen) atoms. The quantitative estimate of drug-likeness (QED) is 0.393. The third-order valence-corrected chi connectivity index (χ3v) is 3.27. The molecular formula is C17H24N2O8. The van der Waals surface area contributed by atoms with Gasteiger partial charge >= 0.3 is 12.1 Å². The minimum Gasteiger partial charge on any atom is -0.494 e. The minimum absolute atomic E-state index is 0.0202. The number of hydrogen-bond donors (Lipinski definition) is 2. The Hall–Kier alpha value is -2.88. The topological polar surface area (TPSA) is 137 Å². The highest BCUT2D eigenvalue weighted by Gasteiger charge is 2.30. The number of nitrogens with zero attached hydrogens (tertiary/aromatic N) is 1. The molecule has 2 N–H and O–H groups in total. The van der Waals surface area contributed by atoms with Gasteiger partial charge in [0.1, 0.15) is 11.4 Å². The average molecular weight is 384 g/mol. The van der Waals surface area contributed by atoms with E-state index in [-0.39, 0.29) is 18.7 Å². The van der Waals surface area contributed by atoms with Crippen molar-refractivity contribution in [2.75, 3.05) is 13.7 Å². The van der Waals surface area contributed by atoms with E-state index in [9.17, 15) is 24.8 Å². The molecule has 0 fully saturated rings. The summed E-state index contributed by atoms with van der Waals surface area (Å²) in [6, 6.07) is 4.41. The van der Waals surface area contributed by atoms with Gasteiger partial charge in [0.2, 0.25) is 0 Å². The maximum atomic E-state index is 11.9. The molecule has 10 heteroatoms. The summed E-state index contributed by atoms with van der Waals surface area (Å²) in [4.78, 5) is 33.6. The molecule has 1 amide bonds. The zero-order chi connectivity index (χ0) is 20.6. The van der Waals surface area contributed by atoms with Crippen LogP contribution in [0.5, 0.6) is 5.75 Å². The van der Waals surface area contributed by atoms with Crippen LogP contribution in [0.25, 0.3) is 0 Å². The number of nitrogens with one attached hydrogen (secondary N) is 1. The van der Waals surface area contributed by atoms with Crippen LogP contribution in [-0.2, 0) is 14.3 Å². The molecular weight excluding hydrogens is 360 g/mol. The van der Waals surface area contributed by atoms with E-state index in [1.165, 1.54) is 24.3 Å². The van der Waals surface area contributed by atoms with Gasteiger partial charge in [-0.15, -0.1) is 0 Å². The predicted octanol–water partition coefficient (Wildman–Crippen LogP) is 1.79. The summed E-state index contributed by atoms with van der Waals surface area (Å²) in [7, 11) is 1.11. The van der Waals surface area contributed by atoms with Crippen molar-refractivity contribution >= 4 is 17.7 Å². The zero-order valence-electron chi connectivity index (χ0n) is 15.6. The smallest absolute Gasteiger partial charge is 0.407 e. The Labute approximate surface area is 156 Å². The number of rotatable bonds is 8. The van der Waals surface area contributed by atoms with Gasteiger partial charge in [-0.1, -0.05) is 0 Å². The maximum Gasteiger partial charge on any atom is 0.407 e. The van der Waals surface area contributed by atoms with Crippen LogP contribution in [0.4, 0.5) is 10.5 Å².